The zero-order valence-electron chi connectivity index (χ0n) is 9.97. The topological polar surface area (TPSA) is 59.2 Å². The number of hydrogen-bond donors (Lipinski definition) is 1. The molecule has 1 saturated heterocycles. The molecule has 0 aromatic carbocycles. The Morgan fingerprint density at radius 1 is 1.47 bits per heavy atom. The van der Waals surface area contributed by atoms with Crippen molar-refractivity contribution in [1.29, 1.82) is 0 Å². The molecule has 17 heavy (non-hydrogen) atoms. The Morgan fingerprint density at radius 2 is 2.24 bits per heavy atom. The molecular weight excluding hydrogens is 214 g/mol. The predicted molar refractivity (Wildman–Crippen MR) is 64.2 cm³/mol. The Bertz CT molecular complexity index is 456. The Morgan fingerprint density at radius 3 is 2.88 bits per heavy atom. The normalized spacial score (nSPS) is 28.8. The Balaban J connectivity index is 1.99. The van der Waals surface area contributed by atoms with Gasteiger partial charge >= 0.3 is 0 Å². The third-order valence-electron chi connectivity index (χ3n) is 3.74. The van der Waals surface area contributed by atoms with E-state index in [-0.39, 0.29) is 18.0 Å². The van der Waals surface area contributed by atoms with Gasteiger partial charge in [0.2, 0.25) is 5.91 Å². The highest BCUT2D eigenvalue weighted by Gasteiger charge is 2.46. The van der Waals surface area contributed by atoms with E-state index in [1.807, 2.05) is 17.2 Å². The van der Waals surface area contributed by atoms with Crippen molar-refractivity contribution in [3.05, 3.63) is 29.6 Å². The van der Waals surface area contributed by atoms with Gasteiger partial charge in [0, 0.05) is 30.9 Å². The van der Waals surface area contributed by atoms with E-state index in [1.165, 1.54) is 5.56 Å². The number of nitrogens with zero attached hydrogens (tertiary/aromatic N) is 2. The van der Waals surface area contributed by atoms with E-state index in [9.17, 15) is 4.79 Å². The summed E-state index contributed by atoms with van der Waals surface area (Å²) < 4.78 is 0. The minimum Gasteiger partial charge on any atom is -0.331 e. The first-order valence-corrected chi connectivity index (χ1v) is 6.15. The van der Waals surface area contributed by atoms with Gasteiger partial charge in [-0.25, -0.2) is 0 Å². The Labute approximate surface area is 101 Å². The monoisotopic (exact) mass is 231 g/mol. The number of carbonyl (C=O) groups is 1. The highest BCUT2D eigenvalue weighted by atomic mass is 16.2. The van der Waals surface area contributed by atoms with Crippen LogP contribution in [0.15, 0.2) is 18.5 Å². The maximum atomic E-state index is 12.0. The van der Waals surface area contributed by atoms with Crippen LogP contribution in [0.25, 0.3) is 0 Å². The second-order valence-electron chi connectivity index (χ2n) is 5.08. The van der Waals surface area contributed by atoms with Gasteiger partial charge in [-0.05, 0) is 37.0 Å². The standard InChI is InChI=1S/C13H17N3O/c1-8-4-5-15-7-10(8)13-11(14)6-12(17)16(13)9-2-3-9/h4-5,7,9,11,13H,2-3,6,14H2,1H3. The first-order valence-electron chi connectivity index (χ1n) is 6.15. The Kier molecular flexibility index (Phi) is 2.40. The fourth-order valence-corrected chi connectivity index (χ4v) is 2.73. The molecule has 1 aliphatic heterocycles. The van der Waals surface area contributed by atoms with Gasteiger partial charge in [0.25, 0.3) is 0 Å². The highest BCUT2D eigenvalue weighted by Crippen LogP contribution is 2.41. The molecule has 2 heterocycles. The summed E-state index contributed by atoms with van der Waals surface area (Å²) in [5, 5.41) is 0. The lowest BCUT2D eigenvalue weighted by Crippen LogP contribution is -2.35. The summed E-state index contributed by atoms with van der Waals surface area (Å²) in [7, 11) is 0. The van der Waals surface area contributed by atoms with E-state index in [1.54, 1.807) is 6.20 Å². The maximum Gasteiger partial charge on any atom is 0.225 e. The third kappa shape index (κ3) is 1.72. The predicted octanol–water partition coefficient (Wildman–Crippen LogP) is 1.15. The summed E-state index contributed by atoms with van der Waals surface area (Å²) in [6, 6.07) is 2.34. The van der Waals surface area contributed by atoms with Crippen LogP contribution in [0.1, 0.15) is 36.4 Å². The van der Waals surface area contributed by atoms with Crippen LogP contribution >= 0.6 is 0 Å². The molecule has 4 nitrogen and oxygen atoms in total. The lowest BCUT2D eigenvalue weighted by atomic mass is 9.98. The van der Waals surface area contributed by atoms with E-state index in [4.69, 9.17) is 5.73 Å². The van der Waals surface area contributed by atoms with Crippen LogP contribution in [0, 0.1) is 6.92 Å². The molecule has 1 amide bonds. The molecule has 1 aromatic heterocycles. The number of nitrogens with two attached hydrogens (primary N) is 1. The van der Waals surface area contributed by atoms with Gasteiger partial charge in [-0.2, -0.15) is 0 Å². The van der Waals surface area contributed by atoms with E-state index < -0.39 is 0 Å². The molecule has 2 aliphatic rings. The second-order valence-corrected chi connectivity index (χ2v) is 5.08. The molecule has 4 heteroatoms. The fraction of sp³-hybridized carbons (Fsp3) is 0.538. The van der Waals surface area contributed by atoms with Gasteiger partial charge in [0.1, 0.15) is 0 Å². The van der Waals surface area contributed by atoms with Gasteiger partial charge in [-0.15, -0.1) is 0 Å². The molecule has 1 saturated carbocycles. The molecule has 0 bridgehead atoms. The van der Waals surface area contributed by atoms with Crippen molar-refractivity contribution in [2.24, 2.45) is 5.73 Å². The average Bonchev–Trinajstić information content (AvgIpc) is 3.06. The lowest BCUT2D eigenvalue weighted by molar-refractivity contribution is -0.129. The van der Waals surface area contributed by atoms with Crippen LogP contribution in [0.3, 0.4) is 0 Å². The van der Waals surface area contributed by atoms with Crippen LogP contribution in [-0.2, 0) is 4.79 Å². The van der Waals surface area contributed by atoms with Gasteiger partial charge in [-0.3, -0.25) is 9.78 Å². The summed E-state index contributed by atoms with van der Waals surface area (Å²) in [5.41, 5.74) is 8.41. The third-order valence-corrected chi connectivity index (χ3v) is 3.74. The minimum atomic E-state index is -0.0917. The molecule has 2 atom stereocenters. The molecule has 1 aliphatic carbocycles. The van der Waals surface area contributed by atoms with E-state index in [0.29, 0.717) is 12.5 Å². The molecule has 2 fully saturated rings. The Hall–Kier alpha value is -1.42. The average molecular weight is 231 g/mol. The van der Waals surface area contributed by atoms with Crippen LogP contribution in [0.2, 0.25) is 0 Å². The van der Waals surface area contributed by atoms with Crippen LogP contribution < -0.4 is 5.73 Å². The number of aromatic nitrogens is 1. The SMILES string of the molecule is Cc1ccncc1C1C(N)CC(=O)N1C1CC1. The van der Waals surface area contributed by atoms with E-state index >= 15 is 0 Å². The first-order chi connectivity index (χ1) is 8.18. The van der Waals surface area contributed by atoms with Crippen molar-refractivity contribution >= 4 is 5.91 Å². The number of pyridine rings is 1. The minimum absolute atomic E-state index is 0.0312. The largest absolute Gasteiger partial charge is 0.331 e. The molecular formula is C13H17N3O. The zero-order chi connectivity index (χ0) is 12.0. The van der Waals surface area contributed by atoms with Gasteiger partial charge in [-0.1, -0.05) is 0 Å². The number of carbonyl (C=O) groups excluding carboxylic acids is 1. The highest BCUT2D eigenvalue weighted by molar-refractivity contribution is 5.81. The summed E-state index contributed by atoms with van der Waals surface area (Å²) in [4.78, 5) is 18.2. The molecule has 90 valence electrons. The van der Waals surface area contributed by atoms with Crippen LogP contribution in [0.5, 0.6) is 0 Å². The molecule has 2 unspecified atom stereocenters. The number of likely N-dealkylation sites (tertiary alicyclic amines) is 1. The van der Waals surface area contributed by atoms with Gasteiger partial charge in [0.15, 0.2) is 0 Å². The molecule has 0 spiro atoms. The van der Waals surface area contributed by atoms with Crippen molar-refractivity contribution in [2.45, 2.75) is 44.3 Å². The molecule has 2 N–H and O–H groups in total. The van der Waals surface area contributed by atoms with Crippen LogP contribution in [0.4, 0.5) is 0 Å². The lowest BCUT2D eigenvalue weighted by Gasteiger charge is -2.28. The smallest absolute Gasteiger partial charge is 0.225 e. The quantitative estimate of drug-likeness (QED) is 0.830. The van der Waals surface area contributed by atoms with Crippen molar-refractivity contribution in [3.8, 4) is 0 Å². The maximum absolute atomic E-state index is 12.0. The number of rotatable bonds is 2. The van der Waals surface area contributed by atoms with Crippen molar-refractivity contribution in [3.63, 3.8) is 0 Å². The number of aryl methyl sites for hydroxylation is 1. The van der Waals surface area contributed by atoms with E-state index in [2.05, 4.69) is 11.9 Å². The van der Waals surface area contributed by atoms with Gasteiger partial charge < -0.3 is 10.6 Å². The van der Waals surface area contributed by atoms with Gasteiger partial charge in [0.05, 0.1) is 6.04 Å². The molecule has 1 aromatic rings. The fourth-order valence-electron chi connectivity index (χ4n) is 2.73. The zero-order valence-corrected chi connectivity index (χ0v) is 9.97. The molecule has 3 rings (SSSR count). The van der Waals surface area contributed by atoms with Crippen molar-refractivity contribution in [1.82, 2.24) is 9.88 Å². The van der Waals surface area contributed by atoms with Crippen LogP contribution in [-0.4, -0.2) is 27.9 Å². The number of amides is 1. The summed E-state index contributed by atoms with van der Waals surface area (Å²) in [5.74, 6) is 0.202. The number of hydrogen-bond acceptors (Lipinski definition) is 3. The summed E-state index contributed by atoms with van der Waals surface area (Å²) in [6.45, 7) is 2.05. The van der Waals surface area contributed by atoms with Crippen molar-refractivity contribution in [2.75, 3.05) is 0 Å². The summed E-state index contributed by atoms with van der Waals surface area (Å²) in [6.07, 6.45) is 6.34. The molecule has 0 radical (unpaired) electrons. The second kappa shape index (κ2) is 3.81. The van der Waals surface area contributed by atoms with Crippen molar-refractivity contribution < 1.29 is 4.79 Å². The first kappa shape index (κ1) is 10.7. The summed E-state index contributed by atoms with van der Waals surface area (Å²) >= 11 is 0. The van der Waals surface area contributed by atoms with E-state index in [0.717, 1.165) is 18.4 Å².